The summed E-state index contributed by atoms with van der Waals surface area (Å²) in [7, 11) is 0. The summed E-state index contributed by atoms with van der Waals surface area (Å²) in [5.74, 6) is 1.92. The lowest BCUT2D eigenvalue weighted by Gasteiger charge is -2.12. The molecule has 61 heavy (non-hydrogen) atoms. The van der Waals surface area contributed by atoms with Gasteiger partial charge in [-0.15, -0.1) is 0 Å². The lowest BCUT2D eigenvalue weighted by atomic mass is 9.98. The van der Waals surface area contributed by atoms with Crippen molar-refractivity contribution in [2.75, 3.05) is 0 Å². The van der Waals surface area contributed by atoms with Crippen molar-refractivity contribution in [1.29, 1.82) is 0 Å². The molecular formula is C56H35N5. The summed E-state index contributed by atoms with van der Waals surface area (Å²) in [5, 5.41) is 8.12. The van der Waals surface area contributed by atoms with Crippen LogP contribution in [0.5, 0.6) is 0 Å². The maximum absolute atomic E-state index is 5.37. The number of fused-ring (bicyclic) bond motifs is 7. The number of pyridine rings is 1. The van der Waals surface area contributed by atoms with Gasteiger partial charge in [0.25, 0.3) is 0 Å². The summed E-state index contributed by atoms with van der Waals surface area (Å²) < 4.78 is 2.38. The highest BCUT2D eigenvalue weighted by molar-refractivity contribution is 6.19. The van der Waals surface area contributed by atoms with Crippen molar-refractivity contribution in [2.24, 2.45) is 0 Å². The average molecular weight is 778 g/mol. The fourth-order valence-corrected chi connectivity index (χ4v) is 8.81. The molecule has 0 atom stereocenters. The minimum Gasteiger partial charge on any atom is -0.309 e. The molecule has 0 saturated heterocycles. The molecule has 3 aromatic heterocycles. The Kier molecular flexibility index (Phi) is 8.10. The zero-order valence-electron chi connectivity index (χ0n) is 32.9. The zero-order valence-corrected chi connectivity index (χ0v) is 32.9. The maximum atomic E-state index is 5.37. The Morgan fingerprint density at radius 2 is 0.820 bits per heavy atom. The van der Waals surface area contributed by atoms with E-state index in [0.29, 0.717) is 17.5 Å². The second kappa shape index (κ2) is 14.2. The Labute approximate surface area is 351 Å². The van der Waals surface area contributed by atoms with Gasteiger partial charge in [0.05, 0.1) is 22.2 Å². The molecule has 0 bridgehead atoms. The molecule has 0 amide bonds. The molecular weight excluding hydrogens is 743 g/mol. The molecule has 12 aromatic rings. The summed E-state index contributed by atoms with van der Waals surface area (Å²) in [6.07, 6.45) is 0. The van der Waals surface area contributed by atoms with Crippen LogP contribution in [0.25, 0.3) is 116 Å². The van der Waals surface area contributed by atoms with E-state index in [2.05, 4.69) is 187 Å². The van der Waals surface area contributed by atoms with Crippen LogP contribution in [0, 0.1) is 0 Å². The van der Waals surface area contributed by atoms with Gasteiger partial charge >= 0.3 is 0 Å². The van der Waals surface area contributed by atoms with Crippen LogP contribution in [-0.4, -0.2) is 24.5 Å². The fourth-order valence-electron chi connectivity index (χ4n) is 8.81. The van der Waals surface area contributed by atoms with Crippen molar-refractivity contribution in [3.8, 4) is 62.2 Å². The minimum atomic E-state index is 0.631. The van der Waals surface area contributed by atoms with Crippen molar-refractivity contribution in [2.45, 2.75) is 0 Å². The van der Waals surface area contributed by atoms with Crippen molar-refractivity contribution in [1.82, 2.24) is 24.5 Å². The van der Waals surface area contributed by atoms with E-state index in [0.717, 1.165) is 82.9 Å². The largest absolute Gasteiger partial charge is 0.309 e. The molecule has 0 aliphatic heterocycles. The van der Waals surface area contributed by atoms with Gasteiger partial charge in [-0.05, 0) is 69.8 Å². The van der Waals surface area contributed by atoms with E-state index in [1.54, 1.807) is 0 Å². The summed E-state index contributed by atoms with van der Waals surface area (Å²) >= 11 is 0. The molecule has 284 valence electrons. The van der Waals surface area contributed by atoms with Crippen molar-refractivity contribution >= 4 is 54.3 Å². The average Bonchev–Trinajstić information content (AvgIpc) is 3.66. The summed E-state index contributed by atoms with van der Waals surface area (Å²) in [6.45, 7) is 0. The third kappa shape index (κ3) is 6.02. The SMILES string of the molecule is c1ccc(-c2nc(-c3ccc(-c4ccc5c(c4)c4cc6nc(-c7ccccc7)c7ccccc7c6cc4n5-c4ccccc4)cc3)nc(-c3ccc4ccccc4c3)n2)cc1. The Morgan fingerprint density at radius 1 is 0.279 bits per heavy atom. The Hall–Kier alpha value is -8.28. The molecule has 0 spiro atoms. The van der Waals surface area contributed by atoms with Crippen LogP contribution in [0.2, 0.25) is 0 Å². The van der Waals surface area contributed by atoms with Gasteiger partial charge in [0.15, 0.2) is 17.5 Å². The highest BCUT2D eigenvalue weighted by atomic mass is 15.0. The normalized spacial score (nSPS) is 11.6. The van der Waals surface area contributed by atoms with Crippen LogP contribution in [0.3, 0.4) is 0 Å². The highest BCUT2D eigenvalue weighted by Crippen LogP contribution is 2.40. The van der Waals surface area contributed by atoms with Crippen LogP contribution in [0.15, 0.2) is 212 Å². The van der Waals surface area contributed by atoms with Gasteiger partial charge in [-0.25, -0.2) is 19.9 Å². The monoisotopic (exact) mass is 777 g/mol. The molecule has 0 saturated carbocycles. The molecule has 5 nitrogen and oxygen atoms in total. The first-order valence-corrected chi connectivity index (χ1v) is 20.5. The maximum Gasteiger partial charge on any atom is 0.164 e. The van der Waals surface area contributed by atoms with E-state index in [9.17, 15) is 0 Å². The standard InChI is InChI=1S/C56H35N5/c1-4-15-38(16-5-1)53-46-23-13-12-22-45(46)47-35-52-49(34-50(47)57-53)48-33-42(30-31-51(48)61(52)44-20-8-3-9-21-44)37-24-27-40(28-25-37)55-58-54(39-17-6-2-7-18-39)59-56(60-55)43-29-26-36-14-10-11-19-41(36)32-43/h1-35H. The lowest BCUT2D eigenvalue weighted by Crippen LogP contribution is -2.00. The Bertz CT molecular complexity index is 3620. The molecule has 3 heterocycles. The molecule has 0 unspecified atom stereocenters. The Balaban J connectivity index is 0.999. The van der Waals surface area contributed by atoms with Crippen molar-refractivity contribution in [3.05, 3.63) is 212 Å². The summed E-state index contributed by atoms with van der Waals surface area (Å²) in [5.41, 5.74) is 11.5. The number of rotatable bonds is 6. The molecule has 0 fully saturated rings. The second-order valence-electron chi connectivity index (χ2n) is 15.5. The highest BCUT2D eigenvalue weighted by Gasteiger charge is 2.18. The number of para-hydroxylation sites is 1. The van der Waals surface area contributed by atoms with Crippen LogP contribution in [-0.2, 0) is 0 Å². The molecule has 0 N–H and O–H groups in total. The third-order valence-corrected chi connectivity index (χ3v) is 11.8. The zero-order chi connectivity index (χ0) is 40.3. The molecule has 0 aliphatic carbocycles. The quantitative estimate of drug-likeness (QED) is 0.158. The summed E-state index contributed by atoms with van der Waals surface area (Å²) in [6, 6.07) is 74.6. The number of benzene rings is 9. The van der Waals surface area contributed by atoms with E-state index in [1.165, 1.54) is 16.2 Å². The first kappa shape index (κ1) is 34.7. The third-order valence-electron chi connectivity index (χ3n) is 11.8. The number of nitrogens with zero attached hydrogens (tertiary/aromatic N) is 5. The minimum absolute atomic E-state index is 0.631. The van der Waals surface area contributed by atoms with Gasteiger partial charge in [-0.3, -0.25) is 0 Å². The van der Waals surface area contributed by atoms with Gasteiger partial charge in [0.2, 0.25) is 0 Å². The topological polar surface area (TPSA) is 56.5 Å². The van der Waals surface area contributed by atoms with Gasteiger partial charge in [0, 0.05) is 49.5 Å². The van der Waals surface area contributed by atoms with Gasteiger partial charge < -0.3 is 4.57 Å². The number of aromatic nitrogens is 5. The van der Waals surface area contributed by atoms with Crippen LogP contribution < -0.4 is 0 Å². The van der Waals surface area contributed by atoms with E-state index < -0.39 is 0 Å². The van der Waals surface area contributed by atoms with Crippen LogP contribution in [0.4, 0.5) is 0 Å². The fraction of sp³-hybridized carbons (Fsp3) is 0. The predicted molar refractivity (Wildman–Crippen MR) is 252 cm³/mol. The first-order chi connectivity index (χ1) is 30.2. The number of hydrogen-bond acceptors (Lipinski definition) is 4. The smallest absolute Gasteiger partial charge is 0.164 e. The molecule has 0 radical (unpaired) electrons. The van der Waals surface area contributed by atoms with Crippen LogP contribution in [0.1, 0.15) is 0 Å². The Morgan fingerprint density at radius 3 is 1.56 bits per heavy atom. The van der Waals surface area contributed by atoms with Gasteiger partial charge in [-0.2, -0.15) is 0 Å². The van der Waals surface area contributed by atoms with E-state index in [1.807, 2.05) is 30.3 Å². The first-order valence-electron chi connectivity index (χ1n) is 20.5. The summed E-state index contributed by atoms with van der Waals surface area (Å²) in [4.78, 5) is 20.4. The molecule has 5 heteroatoms. The van der Waals surface area contributed by atoms with Crippen molar-refractivity contribution in [3.63, 3.8) is 0 Å². The second-order valence-corrected chi connectivity index (χ2v) is 15.5. The lowest BCUT2D eigenvalue weighted by molar-refractivity contribution is 1.07. The predicted octanol–water partition coefficient (Wildman–Crippen LogP) is 14.2. The molecule has 12 rings (SSSR count). The van der Waals surface area contributed by atoms with E-state index >= 15 is 0 Å². The van der Waals surface area contributed by atoms with Crippen molar-refractivity contribution < 1.29 is 0 Å². The molecule has 9 aromatic carbocycles. The van der Waals surface area contributed by atoms with Gasteiger partial charge in [0.1, 0.15) is 0 Å². The molecule has 0 aliphatic rings. The number of hydrogen-bond donors (Lipinski definition) is 0. The van der Waals surface area contributed by atoms with Gasteiger partial charge in [-0.1, -0.05) is 170 Å². The van der Waals surface area contributed by atoms with E-state index in [-0.39, 0.29) is 0 Å². The van der Waals surface area contributed by atoms with E-state index in [4.69, 9.17) is 19.9 Å². The van der Waals surface area contributed by atoms with Crippen LogP contribution >= 0.6 is 0 Å².